The van der Waals surface area contributed by atoms with Crippen molar-refractivity contribution in [2.45, 2.75) is 46.1 Å². The second-order valence-electron chi connectivity index (χ2n) is 8.68. The minimum Gasteiger partial charge on any atom is -0.339 e. The molecule has 32 heavy (non-hydrogen) atoms. The molecule has 6 nitrogen and oxygen atoms in total. The molecule has 2 aromatic rings. The van der Waals surface area contributed by atoms with Crippen LogP contribution in [0.5, 0.6) is 0 Å². The molecule has 0 radical (unpaired) electrons. The van der Waals surface area contributed by atoms with Gasteiger partial charge < -0.3 is 15.1 Å². The number of hydrogen-bond donors (Lipinski definition) is 1. The van der Waals surface area contributed by atoms with Gasteiger partial charge in [0.2, 0.25) is 5.91 Å². The number of nitrogens with one attached hydrogen (secondary N) is 1. The summed E-state index contributed by atoms with van der Waals surface area (Å²) >= 11 is 0. The van der Waals surface area contributed by atoms with Crippen molar-refractivity contribution in [1.29, 1.82) is 0 Å². The van der Waals surface area contributed by atoms with Gasteiger partial charge >= 0.3 is 0 Å². The fraction of sp³-hybridized carbons (Fsp3) is 0.423. The topological polar surface area (TPSA) is 65.0 Å². The van der Waals surface area contributed by atoms with Crippen molar-refractivity contribution in [1.82, 2.24) is 9.80 Å². The van der Waals surface area contributed by atoms with E-state index in [2.05, 4.69) is 30.1 Å². The number of benzene rings is 2. The van der Waals surface area contributed by atoms with Gasteiger partial charge in [0.15, 0.2) is 0 Å². The van der Waals surface area contributed by atoms with Crippen LogP contribution < -0.4 is 5.32 Å². The van der Waals surface area contributed by atoms with Crippen LogP contribution in [0, 0.1) is 0 Å². The molecule has 0 spiro atoms. The maximum atomic E-state index is 13.1. The van der Waals surface area contributed by atoms with Crippen molar-refractivity contribution in [3.8, 4) is 0 Å². The van der Waals surface area contributed by atoms with Crippen molar-refractivity contribution in [2.75, 3.05) is 32.5 Å². The lowest BCUT2D eigenvalue weighted by Crippen LogP contribution is -2.32. The summed E-state index contributed by atoms with van der Waals surface area (Å²) in [6.45, 7) is 8.32. The number of amides is 2. The van der Waals surface area contributed by atoms with Crippen LogP contribution in [0.15, 0.2) is 47.5 Å². The van der Waals surface area contributed by atoms with Gasteiger partial charge in [0.25, 0.3) is 5.91 Å². The molecule has 170 valence electrons. The number of anilines is 1. The molecule has 2 aromatic carbocycles. The van der Waals surface area contributed by atoms with Crippen LogP contribution >= 0.6 is 0 Å². The Morgan fingerprint density at radius 3 is 2.44 bits per heavy atom. The third-order valence-electron chi connectivity index (χ3n) is 5.54. The highest BCUT2D eigenvalue weighted by molar-refractivity contribution is 6.18. The molecule has 0 fully saturated rings. The number of nitrogens with zero attached hydrogens (tertiary/aromatic N) is 3. The molecule has 0 aliphatic carbocycles. The van der Waals surface area contributed by atoms with Crippen molar-refractivity contribution in [3.05, 3.63) is 59.2 Å². The SMILES string of the molecule is CCCN(CCC)C(=O)c1ccc2c(c1)C(C(C)=Nc1cccc(CN(C)C)c1)C(=O)N2. The molecule has 0 bridgehead atoms. The zero-order valence-corrected chi connectivity index (χ0v) is 19.8. The van der Waals surface area contributed by atoms with E-state index < -0.39 is 5.92 Å². The first-order valence-corrected chi connectivity index (χ1v) is 11.4. The lowest BCUT2D eigenvalue weighted by Gasteiger charge is -2.22. The van der Waals surface area contributed by atoms with E-state index in [9.17, 15) is 9.59 Å². The minimum absolute atomic E-state index is 0.0144. The molecular formula is C26H34N4O2. The normalized spacial score (nSPS) is 15.6. The predicted octanol–water partition coefficient (Wildman–Crippen LogP) is 4.84. The van der Waals surface area contributed by atoms with Crippen LogP contribution in [0.2, 0.25) is 0 Å². The first-order chi connectivity index (χ1) is 15.3. The van der Waals surface area contributed by atoms with Crippen LogP contribution in [0.3, 0.4) is 0 Å². The lowest BCUT2D eigenvalue weighted by atomic mass is 9.94. The largest absolute Gasteiger partial charge is 0.339 e. The summed E-state index contributed by atoms with van der Waals surface area (Å²) in [5.74, 6) is -0.587. The Morgan fingerprint density at radius 1 is 1.06 bits per heavy atom. The molecular weight excluding hydrogens is 400 g/mol. The number of carbonyl (C=O) groups excluding carboxylic acids is 2. The van der Waals surface area contributed by atoms with Gasteiger partial charge in [-0.2, -0.15) is 0 Å². The van der Waals surface area contributed by atoms with E-state index in [-0.39, 0.29) is 11.8 Å². The fourth-order valence-corrected chi connectivity index (χ4v) is 4.20. The minimum atomic E-state index is -0.499. The molecule has 6 heteroatoms. The van der Waals surface area contributed by atoms with Crippen LogP contribution in [-0.2, 0) is 11.3 Å². The Morgan fingerprint density at radius 2 is 1.78 bits per heavy atom. The van der Waals surface area contributed by atoms with Gasteiger partial charge in [-0.15, -0.1) is 0 Å². The third-order valence-corrected chi connectivity index (χ3v) is 5.54. The molecule has 1 atom stereocenters. The summed E-state index contributed by atoms with van der Waals surface area (Å²) in [4.78, 5) is 34.6. The van der Waals surface area contributed by atoms with Crippen molar-refractivity contribution in [3.63, 3.8) is 0 Å². The monoisotopic (exact) mass is 434 g/mol. The first kappa shape index (κ1) is 23.7. The molecule has 1 aliphatic rings. The second kappa shape index (κ2) is 10.6. The molecule has 0 aromatic heterocycles. The smallest absolute Gasteiger partial charge is 0.253 e. The Balaban J connectivity index is 1.91. The molecule has 0 saturated heterocycles. The Hall–Kier alpha value is -2.99. The number of fused-ring (bicyclic) bond motifs is 1. The van der Waals surface area contributed by atoms with E-state index in [0.717, 1.165) is 49.4 Å². The molecule has 1 unspecified atom stereocenters. The second-order valence-corrected chi connectivity index (χ2v) is 8.68. The van der Waals surface area contributed by atoms with Crippen molar-refractivity contribution >= 4 is 28.9 Å². The van der Waals surface area contributed by atoms with E-state index >= 15 is 0 Å². The lowest BCUT2D eigenvalue weighted by molar-refractivity contribution is -0.115. The standard InChI is InChI=1S/C26H34N4O2/c1-6-13-30(14-7-2)26(32)20-11-12-23-22(16-20)24(25(31)28-23)18(3)27-21-10-8-9-19(15-21)17-29(4)5/h8-12,15-16,24H,6-7,13-14,17H2,1-5H3,(H,28,31). The van der Waals surface area contributed by atoms with Crippen LogP contribution in [0.4, 0.5) is 11.4 Å². The van der Waals surface area contributed by atoms with Gasteiger partial charge in [-0.05, 0) is 75.3 Å². The first-order valence-electron chi connectivity index (χ1n) is 11.4. The van der Waals surface area contributed by atoms with E-state index in [0.29, 0.717) is 11.3 Å². The summed E-state index contributed by atoms with van der Waals surface area (Å²) in [7, 11) is 4.06. The quantitative estimate of drug-likeness (QED) is 0.575. The van der Waals surface area contributed by atoms with E-state index in [1.807, 2.05) is 56.3 Å². The van der Waals surface area contributed by atoms with Crippen molar-refractivity contribution in [2.24, 2.45) is 4.99 Å². The Bertz CT molecular complexity index is 1010. The molecule has 1 aliphatic heterocycles. The van der Waals surface area contributed by atoms with E-state index in [1.165, 1.54) is 5.56 Å². The molecule has 3 rings (SSSR count). The Kier molecular flexibility index (Phi) is 7.80. The van der Waals surface area contributed by atoms with Gasteiger partial charge in [-0.25, -0.2) is 0 Å². The van der Waals surface area contributed by atoms with Crippen LogP contribution in [0.25, 0.3) is 0 Å². The van der Waals surface area contributed by atoms with Gasteiger partial charge in [0.05, 0.1) is 5.69 Å². The average Bonchev–Trinajstić information content (AvgIpc) is 3.07. The average molecular weight is 435 g/mol. The highest BCUT2D eigenvalue weighted by Crippen LogP contribution is 2.35. The maximum Gasteiger partial charge on any atom is 0.253 e. The highest BCUT2D eigenvalue weighted by Gasteiger charge is 2.33. The maximum absolute atomic E-state index is 13.1. The van der Waals surface area contributed by atoms with Crippen LogP contribution in [-0.4, -0.2) is 54.5 Å². The summed E-state index contributed by atoms with van der Waals surface area (Å²) < 4.78 is 0. The number of carbonyl (C=O) groups is 2. The van der Waals surface area contributed by atoms with Gasteiger partial charge in [0.1, 0.15) is 5.92 Å². The van der Waals surface area contributed by atoms with Crippen LogP contribution in [0.1, 0.15) is 61.0 Å². The highest BCUT2D eigenvalue weighted by atomic mass is 16.2. The fourth-order valence-electron chi connectivity index (χ4n) is 4.20. The van der Waals surface area contributed by atoms with E-state index in [1.54, 1.807) is 6.07 Å². The number of hydrogen-bond acceptors (Lipinski definition) is 4. The molecule has 1 heterocycles. The number of aliphatic imine (C=N–C) groups is 1. The van der Waals surface area contributed by atoms with Gasteiger partial charge in [0, 0.05) is 36.6 Å². The summed E-state index contributed by atoms with van der Waals surface area (Å²) in [6, 6.07) is 13.6. The predicted molar refractivity (Wildman–Crippen MR) is 131 cm³/mol. The summed E-state index contributed by atoms with van der Waals surface area (Å²) in [6.07, 6.45) is 1.83. The summed E-state index contributed by atoms with van der Waals surface area (Å²) in [5, 5.41) is 2.95. The number of rotatable bonds is 9. The van der Waals surface area contributed by atoms with Crippen molar-refractivity contribution < 1.29 is 9.59 Å². The molecule has 2 amide bonds. The van der Waals surface area contributed by atoms with Gasteiger partial charge in [-0.1, -0.05) is 26.0 Å². The van der Waals surface area contributed by atoms with Gasteiger partial charge in [-0.3, -0.25) is 14.6 Å². The molecule has 0 saturated carbocycles. The zero-order valence-electron chi connectivity index (χ0n) is 19.8. The zero-order chi connectivity index (χ0) is 23.3. The third kappa shape index (κ3) is 5.43. The summed E-state index contributed by atoms with van der Waals surface area (Å²) in [5.41, 5.74) is 4.90. The van der Waals surface area contributed by atoms with E-state index in [4.69, 9.17) is 4.99 Å². The molecule has 1 N–H and O–H groups in total. The Labute approximate surface area is 191 Å².